The van der Waals surface area contributed by atoms with Crippen molar-refractivity contribution in [2.45, 2.75) is 34.6 Å². The maximum absolute atomic E-state index is 11.5. The number of pyridine rings is 1. The third-order valence-corrected chi connectivity index (χ3v) is 3.82. The molecule has 2 aromatic rings. The van der Waals surface area contributed by atoms with E-state index in [0.29, 0.717) is 5.88 Å². The first-order valence-electron chi connectivity index (χ1n) is 8.41. The van der Waals surface area contributed by atoms with Crippen LogP contribution < -0.4 is 10.5 Å². The smallest absolute Gasteiger partial charge is 0.300 e. The molecule has 0 saturated heterocycles. The fraction of sp³-hybridized carbons (Fsp3) is 0.368. The molecule has 0 aromatic carbocycles. The van der Waals surface area contributed by atoms with Crippen molar-refractivity contribution in [3.63, 3.8) is 0 Å². The Bertz CT molecular complexity index is 859. The minimum atomic E-state index is -0.833. The lowest BCUT2D eigenvalue weighted by molar-refractivity contribution is -0.134. The Morgan fingerprint density at radius 1 is 1.18 bits per heavy atom. The van der Waals surface area contributed by atoms with Crippen LogP contribution in [0.3, 0.4) is 0 Å². The molecule has 0 radical (unpaired) electrons. The van der Waals surface area contributed by atoms with Gasteiger partial charge >= 0.3 is 0 Å². The molecular weight excluding hydrogens is 362 g/mol. The molecular formula is C19H25N5O4. The number of ether oxygens (including phenoxy) is 1. The second-order valence-electron chi connectivity index (χ2n) is 6.79. The summed E-state index contributed by atoms with van der Waals surface area (Å²) in [4.78, 5) is 32.9. The van der Waals surface area contributed by atoms with Crippen LogP contribution in [0.4, 0.5) is 0 Å². The van der Waals surface area contributed by atoms with Crippen LogP contribution in [0.2, 0.25) is 0 Å². The number of aromatic nitrogens is 3. The van der Waals surface area contributed by atoms with E-state index in [1.165, 1.54) is 0 Å². The molecule has 4 N–H and O–H groups in total. The second-order valence-corrected chi connectivity index (χ2v) is 6.79. The third-order valence-electron chi connectivity index (χ3n) is 3.82. The summed E-state index contributed by atoms with van der Waals surface area (Å²) in [7, 11) is 0. The van der Waals surface area contributed by atoms with Gasteiger partial charge in [0.15, 0.2) is 11.7 Å². The van der Waals surface area contributed by atoms with Gasteiger partial charge in [0.2, 0.25) is 5.88 Å². The summed E-state index contributed by atoms with van der Waals surface area (Å²) in [5.74, 6) is -0.283. The Morgan fingerprint density at radius 2 is 1.71 bits per heavy atom. The molecule has 0 spiro atoms. The van der Waals surface area contributed by atoms with Crippen molar-refractivity contribution in [1.29, 1.82) is 5.41 Å². The lowest BCUT2D eigenvalue weighted by Gasteiger charge is -2.21. The fourth-order valence-electron chi connectivity index (χ4n) is 1.87. The molecule has 0 bridgehead atoms. The predicted molar refractivity (Wildman–Crippen MR) is 104 cm³/mol. The van der Waals surface area contributed by atoms with Crippen molar-refractivity contribution in [1.82, 2.24) is 15.0 Å². The van der Waals surface area contributed by atoms with Crippen molar-refractivity contribution in [3.8, 4) is 17.0 Å². The van der Waals surface area contributed by atoms with E-state index in [1.54, 1.807) is 25.5 Å². The Labute approximate surface area is 163 Å². The summed E-state index contributed by atoms with van der Waals surface area (Å²) in [6.45, 7) is 8.51. The number of nitrogens with zero attached hydrogens (tertiary/aromatic N) is 3. The maximum Gasteiger partial charge on any atom is 0.300 e. The highest BCUT2D eigenvalue weighted by atomic mass is 16.5. The largest absolute Gasteiger partial charge is 0.481 e. The van der Waals surface area contributed by atoms with E-state index in [9.17, 15) is 4.79 Å². The zero-order valence-electron chi connectivity index (χ0n) is 16.6. The zero-order chi connectivity index (χ0) is 21.5. The summed E-state index contributed by atoms with van der Waals surface area (Å²) >= 11 is 0. The van der Waals surface area contributed by atoms with Gasteiger partial charge in [0.1, 0.15) is 12.4 Å². The van der Waals surface area contributed by atoms with Gasteiger partial charge < -0.3 is 15.6 Å². The van der Waals surface area contributed by atoms with Gasteiger partial charge in [-0.25, -0.2) is 15.0 Å². The van der Waals surface area contributed by atoms with E-state index in [4.69, 9.17) is 25.8 Å². The number of nitrogens with two attached hydrogens (primary N) is 1. The SMILES string of the molecule is CC(=O)C(C)(C)COc1cc(C)c(-c2cnc(C(=N)N)nc2)cn1.CC(=O)O. The summed E-state index contributed by atoms with van der Waals surface area (Å²) < 4.78 is 5.65. The number of aryl methyl sites for hydroxylation is 1. The number of Topliss-reactive ketones (excluding diaryl/α,β-unsaturated/α-hetero) is 1. The molecule has 2 heterocycles. The van der Waals surface area contributed by atoms with E-state index in [0.717, 1.165) is 23.6 Å². The number of carboxylic acid groups (broad SMARTS) is 1. The van der Waals surface area contributed by atoms with Crippen molar-refractivity contribution >= 4 is 17.6 Å². The Balaban J connectivity index is 0.000000892. The number of hydrogen-bond donors (Lipinski definition) is 3. The lowest BCUT2D eigenvalue weighted by Crippen LogP contribution is -2.29. The molecule has 9 nitrogen and oxygen atoms in total. The second kappa shape index (κ2) is 9.54. The minimum Gasteiger partial charge on any atom is -0.481 e. The standard InChI is InChI=1S/C17H21N5O2.C2H4O2/c1-10-5-14(24-9-17(3,4)11(2)23)20-8-13(10)12-6-21-16(15(18)19)22-7-12;1-2(3)4/h5-8H,9H2,1-4H3,(H3,18,19);1H3,(H,3,4). The van der Waals surface area contributed by atoms with Gasteiger partial charge in [-0.15, -0.1) is 0 Å². The quantitative estimate of drug-likeness (QED) is 0.504. The predicted octanol–water partition coefficient (Wildman–Crippen LogP) is 2.22. The topological polar surface area (TPSA) is 152 Å². The monoisotopic (exact) mass is 387 g/mol. The number of nitrogens with one attached hydrogen (secondary N) is 1. The highest BCUT2D eigenvalue weighted by molar-refractivity contribution is 5.91. The van der Waals surface area contributed by atoms with Crippen molar-refractivity contribution < 1.29 is 19.4 Å². The van der Waals surface area contributed by atoms with Gasteiger partial charge in [0.05, 0.1) is 5.41 Å². The van der Waals surface area contributed by atoms with Crippen LogP contribution >= 0.6 is 0 Å². The average molecular weight is 387 g/mol. The molecule has 150 valence electrons. The number of carbonyl (C=O) groups is 2. The van der Waals surface area contributed by atoms with E-state index in [1.807, 2.05) is 26.8 Å². The molecule has 0 amide bonds. The summed E-state index contributed by atoms with van der Waals surface area (Å²) in [6, 6.07) is 1.81. The molecule has 0 saturated carbocycles. The first-order chi connectivity index (χ1) is 12.9. The Kier molecular flexibility index (Phi) is 7.73. The van der Waals surface area contributed by atoms with Crippen LogP contribution in [0.1, 0.15) is 39.1 Å². The Morgan fingerprint density at radius 3 is 2.14 bits per heavy atom. The molecule has 0 aliphatic rings. The van der Waals surface area contributed by atoms with Crippen molar-refractivity contribution in [3.05, 3.63) is 36.0 Å². The van der Waals surface area contributed by atoms with E-state index < -0.39 is 11.4 Å². The maximum atomic E-state index is 11.5. The van der Waals surface area contributed by atoms with Gasteiger partial charge in [-0.1, -0.05) is 0 Å². The first kappa shape index (κ1) is 22.7. The number of nitrogen functional groups attached to an aromatic ring is 1. The number of carboxylic acids is 1. The van der Waals surface area contributed by atoms with Crippen molar-refractivity contribution in [2.75, 3.05) is 6.61 Å². The van der Waals surface area contributed by atoms with Gasteiger partial charge in [0, 0.05) is 42.7 Å². The van der Waals surface area contributed by atoms with Crippen LogP contribution in [0.25, 0.3) is 11.1 Å². The number of ketones is 1. The summed E-state index contributed by atoms with van der Waals surface area (Å²) in [5, 5.41) is 14.7. The minimum absolute atomic E-state index is 0.0681. The van der Waals surface area contributed by atoms with Gasteiger partial charge in [-0.2, -0.15) is 0 Å². The lowest BCUT2D eigenvalue weighted by atomic mass is 9.90. The number of carbonyl (C=O) groups excluding carboxylic acids is 1. The first-order valence-corrected chi connectivity index (χ1v) is 8.41. The molecule has 0 aliphatic carbocycles. The summed E-state index contributed by atoms with van der Waals surface area (Å²) in [6.07, 6.45) is 4.89. The van der Waals surface area contributed by atoms with Gasteiger partial charge in [-0.3, -0.25) is 15.0 Å². The number of rotatable bonds is 6. The normalized spacial score (nSPS) is 10.5. The highest BCUT2D eigenvalue weighted by Gasteiger charge is 2.24. The zero-order valence-corrected chi connectivity index (χ0v) is 16.6. The fourth-order valence-corrected chi connectivity index (χ4v) is 1.87. The molecule has 28 heavy (non-hydrogen) atoms. The van der Waals surface area contributed by atoms with Gasteiger partial charge in [-0.05, 0) is 33.3 Å². The number of amidine groups is 1. The van der Waals surface area contributed by atoms with Crippen LogP contribution in [-0.4, -0.2) is 44.3 Å². The molecule has 0 aliphatic heterocycles. The van der Waals surface area contributed by atoms with Crippen LogP contribution in [0.5, 0.6) is 5.88 Å². The average Bonchev–Trinajstić information content (AvgIpc) is 2.59. The molecule has 0 fully saturated rings. The molecule has 2 aromatic heterocycles. The third kappa shape index (κ3) is 6.75. The van der Waals surface area contributed by atoms with Crippen LogP contribution in [0, 0.1) is 17.7 Å². The molecule has 0 unspecified atom stereocenters. The van der Waals surface area contributed by atoms with E-state index in [2.05, 4.69) is 15.0 Å². The number of hydrogen-bond acceptors (Lipinski definition) is 7. The molecule has 9 heteroatoms. The van der Waals surface area contributed by atoms with E-state index in [-0.39, 0.29) is 24.1 Å². The highest BCUT2D eigenvalue weighted by Crippen LogP contribution is 2.25. The molecule has 0 atom stereocenters. The number of aliphatic carboxylic acids is 1. The van der Waals surface area contributed by atoms with Gasteiger partial charge in [0.25, 0.3) is 5.97 Å². The summed E-state index contributed by atoms with van der Waals surface area (Å²) in [5.41, 5.74) is 7.38. The molecule has 2 rings (SSSR count). The van der Waals surface area contributed by atoms with E-state index >= 15 is 0 Å². The Hall–Kier alpha value is -3.36. The van der Waals surface area contributed by atoms with Crippen molar-refractivity contribution in [2.24, 2.45) is 11.1 Å². The van der Waals surface area contributed by atoms with Crippen LogP contribution in [-0.2, 0) is 9.59 Å². The van der Waals surface area contributed by atoms with Crippen LogP contribution in [0.15, 0.2) is 24.7 Å².